The van der Waals surface area contributed by atoms with Gasteiger partial charge in [-0.15, -0.1) is 23.4 Å². The number of hydrogen-bond acceptors (Lipinski definition) is 7. The highest BCUT2D eigenvalue weighted by Crippen LogP contribution is 2.38. The van der Waals surface area contributed by atoms with Gasteiger partial charge < -0.3 is 14.8 Å². The normalized spacial score (nSPS) is 12.9. The quantitative estimate of drug-likeness (QED) is 0.544. The number of nitrogens with zero attached hydrogens (tertiary/aromatic N) is 2. The molecule has 132 valence electrons. The van der Waals surface area contributed by atoms with Gasteiger partial charge in [-0.1, -0.05) is 35.2 Å². The fourth-order valence-electron chi connectivity index (χ4n) is 1.75. The first kappa shape index (κ1) is 18.8. The van der Waals surface area contributed by atoms with Crippen LogP contribution in [0, 0.1) is 0 Å². The molecule has 0 bridgehead atoms. The van der Waals surface area contributed by atoms with E-state index in [4.69, 9.17) is 4.74 Å². The average molecular weight is 379 g/mol. The zero-order valence-electron chi connectivity index (χ0n) is 13.0. The number of benzene rings is 1. The van der Waals surface area contributed by atoms with Crippen molar-refractivity contribution in [3.05, 3.63) is 29.8 Å². The summed E-state index contributed by atoms with van der Waals surface area (Å²) in [4.78, 5) is 0. The number of ether oxygens (including phenoxy) is 2. The van der Waals surface area contributed by atoms with Gasteiger partial charge in [0, 0.05) is 18.9 Å². The molecule has 0 aliphatic rings. The first-order valence-corrected chi connectivity index (χ1v) is 8.65. The van der Waals surface area contributed by atoms with Crippen LogP contribution in [0.2, 0.25) is 0 Å². The number of thioether (sulfide) groups is 1. The molecular weight excluding hydrogens is 363 g/mol. The first-order valence-electron chi connectivity index (χ1n) is 6.96. The molecule has 0 amide bonds. The second kappa shape index (κ2) is 8.54. The molecule has 10 heteroatoms. The molecule has 1 aromatic carbocycles. The van der Waals surface area contributed by atoms with Crippen molar-refractivity contribution in [2.45, 2.75) is 22.9 Å². The predicted molar refractivity (Wildman–Crippen MR) is 87.7 cm³/mol. The van der Waals surface area contributed by atoms with E-state index in [0.29, 0.717) is 18.3 Å². The lowest BCUT2D eigenvalue weighted by molar-refractivity contribution is -0.274. The molecule has 0 saturated heterocycles. The molecule has 0 aliphatic heterocycles. The van der Waals surface area contributed by atoms with Crippen LogP contribution in [0.1, 0.15) is 17.7 Å². The minimum Gasteiger partial charge on any atom is -0.406 e. The topological polar surface area (TPSA) is 56.3 Å². The van der Waals surface area contributed by atoms with Crippen molar-refractivity contribution in [2.24, 2.45) is 0 Å². The number of anilines is 1. The summed E-state index contributed by atoms with van der Waals surface area (Å²) in [5.74, 6) is -0.232. The van der Waals surface area contributed by atoms with Gasteiger partial charge in [-0.2, -0.15) is 0 Å². The van der Waals surface area contributed by atoms with Crippen LogP contribution in [0.25, 0.3) is 0 Å². The van der Waals surface area contributed by atoms with Crippen molar-refractivity contribution < 1.29 is 22.6 Å². The Morgan fingerprint density at radius 2 is 1.96 bits per heavy atom. The van der Waals surface area contributed by atoms with E-state index in [1.807, 2.05) is 6.92 Å². The third-order valence-electron chi connectivity index (χ3n) is 2.85. The molecule has 1 aromatic heterocycles. The minimum atomic E-state index is -4.68. The Hall–Kier alpha value is -1.52. The smallest absolute Gasteiger partial charge is 0.406 e. The van der Waals surface area contributed by atoms with Crippen molar-refractivity contribution in [3.8, 4) is 5.75 Å². The molecule has 24 heavy (non-hydrogen) atoms. The summed E-state index contributed by atoms with van der Waals surface area (Å²) >= 11 is 2.90. The highest BCUT2D eigenvalue weighted by molar-refractivity contribution is 8.01. The summed E-state index contributed by atoms with van der Waals surface area (Å²) in [6, 6.07) is 5.82. The standard InChI is InChI=1S/C14H16F3N3O2S2/c1-9(10-3-5-11(6-4-10)22-14(15,16)17)23-13-20-19-12(24-13)18-7-8-21-2/h3-6,9H,7-8H2,1-2H3,(H,18,19). The van der Waals surface area contributed by atoms with Crippen molar-refractivity contribution >= 4 is 28.2 Å². The zero-order chi connectivity index (χ0) is 17.6. The largest absolute Gasteiger partial charge is 0.573 e. The maximum Gasteiger partial charge on any atom is 0.573 e. The van der Waals surface area contributed by atoms with Gasteiger partial charge in [0.25, 0.3) is 0 Å². The molecule has 0 radical (unpaired) electrons. The third kappa shape index (κ3) is 6.17. The Balaban J connectivity index is 1.91. The summed E-state index contributed by atoms with van der Waals surface area (Å²) in [5.41, 5.74) is 0.874. The number of aromatic nitrogens is 2. The molecule has 1 atom stereocenters. The minimum absolute atomic E-state index is 0.0183. The molecule has 1 N–H and O–H groups in total. The number of halogens is 3. The predicted octanol–water partition coefficient (Wildman–Crippen LogP) is 4.35. The Labute approximate surface area is 145 Å². The van der Waals surface area contributed by atoms with Crippen LogP contribution >= 0.6 is 23.1 Å². The van der Waals surface area contributed by atoms with Gasteiger partial charge in [-0.3, -0.25) is 0 Å². The first-order chi connectivity index (χ1) is 11.4. The van der Waals surface area contributed by atoms with Gasteiger partial charge in [0.05, 0.1) is 6.61 Å². The van der Waals surface area contributed by atoms with Gasteiger partial charge in [0.2, 0.25) is 5.13 Å². The summed E-state index contributed by atoms with van der Waals surface area (Å²) in [7, 11) is 1.62. The lowest BCUT2D eigenvalue weighted by Crippen LogP contribution is -2.17. The number of hydrogen-bond donors (Lipinski definition) is 1. The molecule has 0 fully saturated rings. The van der Waals surface area contributed by atoms with E-state index in [1.54, 1.807) is 19.2 Å². The van der Waals surface area contributed by atoms with E-state index >= 15 is 0 Å². The Morgan fingerprint density at radius 1 is 1.25 bits per heavy atom. The van der Waals surface area contributed by atoms with E-state index in [-0.39, 0.29) is 11.0 Å². The molecule has 5 nitrogen and oxygen atoms in total. The Bertz CT molecular complexity index is 635. The van der Waals surface area contributed by atoms with Crippen LogP contribution in [0.3, 0.4) is 0 Å². The van der Waals surface area contributed by atoms with Crippen LogP contribution in [0.4, 0.5) is 18.3 Å². The lowest BCUT2D eigenvalue weighted by atomic mass is 10.2. The monoisotopic (exact) mass is 379 g/mol. The van der Waals surface area contributed by atoms with Crippen LogP contribution in [0.5, 0.6) is 5.75 Å². The van der Waals surface area contributed by atoms with Crippen LogP contribution in [-0.4, -0.2) is 36.8 Å². The number of alkyl halides is 3. The Kier molecular flexibility index (Phi) is 6.69. The molecule has 0 saturated carbocycles. The lowest BCUT2D eigenvalue weighted by Gasteiger charge is -2.12. The molecule has 2 aromatic rings. The highest BCUT2D eigenvalue weighted by Gasteiger charge is 2.31. The average Bonchev–Trinajstić information content (AvgIpc) is 2.94. The molecule has 0 aliphatic carbocycles. The van der Waals surface area contributed by atoms with Gasteiger partial charge >= 0.3 is 6.36 Å². The molecular formula is C14H16F3N3O2S2. The number of rotatable bonds is 8. The van der Waals surface area contributed by atoms with E-state index in [0.717, 1.165) is 9.90 Å². The fourth-order valence-corrected chi connectivity index (χ4v) is 3.80. The van der Waals surface area contributed by atoms with Gasteiger partial charge in [0.15, 0.2) is 4.34 Å². The van der Waals surface area contributed by atoms with Crippen LogP contribution in [-0.2, 0) is 4.74 Å². The van der Waals surface area contributed by atoms with Crippen molar-refractivity contribution in [2.75, 3.05) is 25.6 Å². The van der Waals surface area contributed by atoms with E-state index in [2.05, 4.69) is 20.3 Å². The number of methoxy groups -OCH3 is 1. The molecule has 0 spiro atoms. The summed E-state index contributed by atoms with van der Waals surface area (Å²) in [6.07, 6.45) is -4.68. The highest BCUT2D eigenvalue weighted by atomic mass is 32.2. The van der Waals surface area contributed by atoms with Crippen molar-refractivity contribution in [3.63, 3.8) is 0 Å². The van der Waals surface area contributed by atoms with E-state index in [1.165, 1.54) is 35.2 Å². The summed E-state index contributed by atoms with van der Waals surface area (Å²) < 4.78 is 46.0. The SMILES string of the molecule is COCCNc1nnc(SC(C)c2ccc(OC(F)(F)F)cc2)s1. The van der Waals surface area contributed by atoms with E-state index < -0.39 is 6.36 Å². The zero-order valence-corrected chi connectivity index (χ0v) is 14.6. The van der Waals surface area contributed by atoms with Gasteiger partial charge in [-0.05, 0) is 24.6 Å². The second-order valence-corrected chi connectivity index (χ2v) is 7.24. The van der Waals surface area contributed by atoms with Gasteiger partial charge in [-0.25, -0.2) is 0 Å². The van der Waals surface area contributed by atoms with Crippen LogP contribution < -0.4 is 10.1 Å². The van der Waals surface area contributed by atoms with Crippen molar-refractivity contribution in [1.29, 1.82) is 0 Å². The van der Waals surface area contributed by atoms with Crippen molar-refractivity contribution in [1.82, 2.24) is 10.2 Å². The number of nitrogens with one attached hydrogen (secondary N) is 1. The molecule has 1 unspecified atom stereocenters. The molecule has 2 rings (SSSR count). The maximum absolute atomic E-state index is 12.1. The molecule has 1 heterocycles. The fraction of sp³-hybridized carbons (Fsp3) is 0.429. The maximum atomic E-state index is 12.1. The van der Waals surface area contributed by atoms with Crippen LogP contribution in [0.15, 0.2) is 28.6 Å². The van der Waals surface area contributed by atoms with Gasteiger partial charge in [0.1, 0.15) is 5.75 Å². The Morgan fingerprint density at radius 3 is 2.58 bits per heavy atom. The summed E-state index contributed by atoms with van der Waals surface area (Å²) in [6.45, 7) is 3.17. The summed E-state index contributed by atoms with van der Waals surface area (Å²) in [5, 5.41) is 11.9. The second-order valence-electron chi connectivity index (χ2n) is 4.67. The third-order valence-corrected chi connectivity index (χ3v) is 4.97. The van der Waals surface area contributed by atoms with E-state index in [9.17, 15) is 13.2 Å².